The molecule has 0 spiro atoms. The number of hydrogen-bond donors (Lipinski definition) is 1. The number of nitrogens with zero attached hydrogens (tertiary/aromatic N) is 2. The second kappa shape index (κ2) is 9.36. The van der Waals surface area contributed by atoms with Gasteiger partial charge < -0.3 is 14.2 Å². The molecule has 0 amide bonds. The highest BCUT2D eigenvalue weighted by molar-refractivity contribution is 9.10. The molecule has 0 bridgehead atoms. The summed E-state index contributed by atoms with van der Waals surface area (Å²) in [6.07, 6.45) is 0. The van der Waals surface area contributed by atoms with Gasteiger partial charge in [0.25, 0.3) is 0 Å². The molecule has 1 aromatic heterocycles. The monoisotopic (exact) mass is 497 g/mol. The molecule has 0 aliphatic rings. The molecule has 0 unspecified atom stereocenters. The predicted octanol–water partition coefficient (Wildman–Crippen LogP) is 5.96. The molecule has 4 aromatic rings. The first-order valence-electron chi connectivity index (χ1n) is 9.47. The predicted molar refractivity (Wildman–Crippen MR) is 126 cm³/mol. The molecule has 158 valence electrons. The van der Waals surface area contributed by atoms with E-state index in [2.05, 4.69) is 26.1 Å². The van der Waals surface area contributed by atoms with Gasteiger partial charge in [-0.1, -0.05) is 36.4 Å². The van der Waals surface area contributed by atoms with E-state index in [1.165, 1.54) is 0 Å². The van der Waals surface area contributed by atoms with Crippen LogP contribution in [0, 0.1) is 4.77 Å². The van der Waals surface area contributed by atoms with Gasteiger partial charge in [-0.15, -0.1) is 0 Å². The fraction of sp³-hybridized carbons (Fsp3) is 0.130. The summed E-state index contributed by atoms with van der Waals surface area (Å²) >= 11 is 8.99. The van der Waals surface area contributed by atoms with Crippen LogP contribution in [0.15, 0.2) is 71.2 Å². The highest BCUT2D eigenvalue weighted by atomic mass is 79.9. The van der Waals surface area contributed by atoms with Crippen molar-refractivity contribution >= 4 is 28.1 Å². The maximum atomic E-state index is 5.90. The summed E-state index contributed by atoms with van der Waals surface area (Å²) in [7, 11) is 3.23. The zero-order valence-corrected chi connectivity index (χ0v) is 19.4. The summed E-state index contributed by atoms with van der Waals surface area (Å²) < 4.78 is 20.0. The molecule has 0 atom stereocenters. The lowest BCUT2D eigenvalue weighted by Gasteiger charge is -2.13. The van der Waals surface area contributed by atoms with Crippen molar-refractivity contribution in [2.24, 2.45) is 0 Å². The Hall–Kier alpha value is -3.10. The van der Waals surface area contributed by atoms with Crippen LogP contribution in [-0.2, 0) is 6.61 Å². The zero-order chi connectivity index (χ0) is 21.8. The number of halogens is 1. The van der Waals surface area contributed by atoms with Crippen molar-refractivity contribution in [1.82, 2.24) is 14.8 Å². The molecule has 0 saturated carbocycles. The van der Waals surface area contributed by atoms with Gasteiger partial charge in [0.1, 0.15) is 23.9 Å². The van der Waals surface area contributed by atoms with E-state index >= 15 is 0 Å². The molecule has 31 heavy (non-hydrogen) atoms. The van der Waals surface area contributed by atoms with Crippen molar-refractivity contribution in [3.63, 3.8) is 0 Å². The maximum absolute atomic E-state index is 5.90. The van der Waals surface area contributed by atoms with Crippen LogP contribution in [0.25, 0.3) is 17.1 Å². The average molecular weight is 498 g/mol. The number of methoxy groups -OCH3 is 2. The van der Waals surface area contributed by atoms with Crippen molar-refractivity contribution in [3.8, 4) is 34.3 Å². The number of para-hydroxylation sites is 1. The van der Waals surface area contributed by atoms with Crippen LogP contribution in [0.5, 0.6) is 17.2 Å². The van der Waals surface area contributed by atoms with Gasteiger partial charge in [-0.3, -0.25) is 9.67 Å². The van der Waals surface area contributed by atoms with Crippen LogP contribution in [-0.4, -0.2) is 29.0 Å². The van der Waals surface area contributed by atoms with Crippen LogP contribution >= 0.6 is 28.1 Å². The molecule has 0 aliphatic carbocycles. The Kier molecular flexibility index (Phi) is 6.39. The second-order valence-corrected chi connectivity index (χ2v) is 7.88. The van der Waals surface area contributed by atoms with Gasteiger partial charge in [-0.25, -0.2) is 0 Å². The minimum Gasteiger partial charge on any atom is -0.497 e. The first kappa shape index (κ1) is 21.1. The van der Waals surface area contributed by atoms with Gasteiger partial charge in [-0.05, 0) is 58.0 Å². The summed E-state index contributed by atoms with van der Waals surface area (Å²) in [6.45, 7) is 0.460. The minimum absolute atomic E-state index is 0.460. The number of nitrogens with one attached hydrogen (secondary N) is 1. The van der Waals surface area contributed by atoms with Gasteiger partial charge in [0.05, 0.1) is 24.4 Å². The number of ether oxygens (including phenoxy) is 3. The van der Waals surface area contributed by atoms with Crippen LogP contribution in [0.2, 0.25) is 0 Å². The average Bonchev–Trinajstić information content (AvgIpc) is 3.19. The summed E-state index contributed by atoms with van der Waals surface area (Å²) in [4.78, 5) is 0. The molecule has 0 fully saturated rings. The lowest BCUT2D eigenvalue weighted by Crippen LogP contribution is -2.02. The lowest BCUT2D eigenvalue weighted by atomic mass is 10.1. The van der Waals surface area contributed by atoms with Gasteiger partial charge in [0, 0.05) is 11.6 Å². The Morgan fingerprint density at radius 2 is 1.74 bits per heavy atom. The highest BCUT2D eigenvalue weighted by Gasteiger charge is 2.15. The van der Waals surface area contributed by atoms with Gasteiger partial charge in [0.15, 0.2) is 10.6 Å². The van der Waals surface area contributed by atoms with Crippen molar-refractivity contribution in [3.05, 3.63) is 81.5 Å². The molecule has 8 heteroatoms. The second-order valence-electron chi connectivity index (χ2n) is 6.64. The normalized spacial score (nSPS) is 10.7. The van der Waals surface area contributed by atoms with Crippen LogP contribution < -0.4 is 14.2 Å². The van der Waals surface area contributed by atoms with Crippen LogP contribution in [0.1, 0.15) is 5.56 Å². The Morgan fingerprint density at radius 3 is 2.45 bits per heavy atom. The Bertz CT molecular complexity index is 1250. The van der Waals surface area contributed by atoms with E-state index in [9.17, 15) is 0 Å². The molecule has 6 nitrogen and oxygen atoms in total. The van der Waals surface area contributed by atoms with Crippen LogP contribution in [0.3, 0.4) is 0 Å². The molecular formula is C23H20BrN3O3S. The quantitative estimate of drug-likeness (QED) is 0.319. The fourth-order valence-corrected chi connectivity index (χ4v) is 3.79. The smallest absolute Gasteiger partial charge is 0.200 e. The van der Waals surface area contributed by atoms with Crippen molar-refractivity contribution in [2.75, 3.05) is 14.2 Å². The third kappa shape index (κ3) is 4.50. The van der Waals surface area contributed by atoms with Gasteiger partial charge >= 0.3 is 0 Å². The molecule has 0 aliphatic heterocycles. The first-order valence-corrected chi connectivity index (χ1v) is 10.7. The van der Waals surface area contributed by atoms with Gasteiger partial charge in [0.2, 0.25) is 0 Å². The number of aromatic nitrogens is 3. The number of H-pyrrole nitrogens is 1. The van der Waals surface area contributed by atoms with Crippen molar-refractivity contribution < 1.29 is 14.2 Å². The third-order valence-electron chi connectivity index (χ3n) is 4.74. The number of aromatic amines is 1. The molecular weight excluding hydrogens is 478 g/mol. The van der Waals surface area contributed by atoms with Crippen molar-refractivity contribution in [1.29, 1.82) is 0 Å². The molecule has 3 aromatic carbocycles. The summed E-state index contributed by atoms with van der Waals surface area (Å²) in [5, 5.41) is 7.32. The highest BCUT2D eigenvalue weighted by Crippen LogP contribution is 2.31. The molecule has 1 heterocycles. The minimum atomic E-state index is 0.460. The van der Waals surface area contributed by atoms with Gasteiger partial charge in [-0.2, -0.15) is 5.10 Å². The fourth-order valence-electron chi connectivity index (χ4n) is 3.16. The summed E-state index contributed by atoms with van der Waals surface area (Å²) in [5.41, 5.74) is 2.73. The number of hydrogen-bond acceptors (Lipinski definition) is 5. The topological polar surface area (TPSA) is 61.3 Å². The SMILES string of the molecule is COc1ccc(-n2c(-c3ccc(COc4ccccc4Br)cc3)n[nH]c2=S)c(OC)c1. The lowest BCUT2D eigenvalue weighted by molar-refractivity contribution is 0.304. The molecule has 0 saturated heterocycles. The van der Waals surface area contributed by atoms with E-state index in [1.54, 1.807) is 14.2 Å². The van der Waals surface area contributed by atoms with E-state index in [0.29, 0.717) is 28.7 Å². The Balaban J connectivity index is 1.62. The van der Waals surface area contributed by atoms with Crippen molar-refractivity contribution in [2.45, 2.75) is 6.61 Å². The zero-order valence-electron chi connectivity index (χ0n) is 17.0. The Morgan fingerprint density at radius 1 is 0.968 bits per heavy atom. The maximum Gasteiger partial charge on any atom is 0.200 e. The first-order chi connectivity index (χ1) is 15.1. The summed E-state index contributed by atoms with van der Waals surface area (Å²) in [5.74, 6) is 2.83. The third-order valence-corrected chi connectivity index (χ3v) is 5.67. The molecule has 1 N–H and O–H groups in total. The van der Waals surface area contributed by atoms with E-state index in [1.807, 2.05) is 71.3 Å². The Labute approximate surface area is 193 Å². The van der Waals surface area contributed by atoms with Crippen LogP contribution in [0.4, 0.5) is 0 Å². The molecule has 4 rings (SSSR count). The van der Waals surface area contributed by atoms with E-state index in [-0.39, 0.29) is 0 Å². The number of rotatable bonds is 7. The largest absolute Gasteiger partial charge is 0.497 e. The standard InChI is InChI=1S/C23H20BrN3O3S/c1-28-17-11-12-19(21(13-17)29-2)27-22(25-26-23(27)31)16-9-7-15(8-10-16)14-30-20-6-4-3-5-18(20)24/h3-13H,14H2,1-2H3,(H,26,31). The number of benzene rings is 3. The van der Waals surface area contributed by atoms with E-state index in [4.69, 9.17) is 26.4 Å². The van der Waals surface area contributed by atoms with E-state index < -0.39 is 0 Å². The van der Waals surface area contributed by atoms with E-state index in [0.717, 1.165) is 27.0 Å². The molecule has 0 radical (unpaired) electrons. The summed E-state index contributed by atoms with van der Waals surface area (Å²) in [6, 6.07) is 21.4.